The first-order valence-electron chi connectivity index (χ1n) is 6.98. The van der Waals surface area contributed by atoms with Crippen LogP contribution in [0.1, 0.15) is 24.8 Å². The van der Waals surface area contributed by atoms with Crippen molar-refractivity contribution in [1.82, 2.24) is 10.6 Å². The fraction of sp³-hybridized carbons (Fsp3) is 0.600. The predicted octanol–water partition coefficient (Wildman–Crippen LogP) is 1.94. The van der Waals surface area contributed by atoms with E-state index in [1.54, 1.807) is 14.2 Å². The van der Waals surface area contributed by atoms with E-state index in [1.807, 2.05) is 12.1 Å². The van der Waals surface area contributed by atoms with Gasteiger partial charge in [0.15, 0.2) is 11.5 Å². The van der Waals surface area contributed by atoms with Crippen molar-refractivity contribution in [3.63, 3.8) is 0 Å². The number of ether oxygens (including phenoxy) is 2. The maximum atomic E-state index is 5.29. The van der Waals surface area contributed by atoms with Gasteiger partial charge in [-0.1, -0.05) is 6.07 Å². The fourth-order valence-electron chi connectivity index (χ4n) is 2.03. The maximum absolute atomic E-state index is 5.29. The van der Waals surface area contributed by atoms with Gasteiger partial charge in [0.2, 0.25) is 0 Å². The average Bonchev–Trinajstić information content (AvgIpc) is 3.26. The van der Waals surface area contributed by atoms with Gasteiger partial charge in [-0.15, -0.1) is 0 Å². The Labute approximate surface area is 115 Å². The molecule has 1 aromatic carbocycles. The zero-order chi connectivity index (χ0) is 13.5. The van der Waals surface area contributed by atoms with Crippen molar-refractivity contribution >= 4 is 0 Å². The van der Waals surface area contributed by atoms with E-state index in [1.165, 1.54) is 24.8 Å². The molecule has 0 atom stereocenters. The summed E-state index contributed by atoms with van der Waals surface area (Å²) in [6.45, 7) is 3.02. The van der Waals surface area contributed by atoms with Crippen molar-refractivity contribution in [2.75, 3.05) is 27.3 Å². The molecule has 1 aliphatic rings. The van der Waals surface area contributed by atoms with Gasteiger partial charge in [0.05, 0.1) is 14.2 Å². The highest BCUT2D eigenvalue weighted by molar-refractivity contribution is 5.42. The quantitative estimate of drug-likeness (QED) is 0.669. The van der Waals surface area contributed by atoms with Crippen molar-refractivity contribution in [3.05, 3.63) is 23.8 Å². The van der Waals surface area contributed by atoms with Gasteiger partial charge in [-0.25, -0.2) is 0 Å². The molecular formula is C15H24N2O2. The third-order valence-corrected chi connectivity index (χ3v) is 3.32. The van der Waals surface area contributed by atoms with Crippen LogP contribution in [0.2, 0.25) is 0 Å². The van der Waals surface area contributed by atoms with Gasteiger partial charge in [-0.2, -0.15) is 0 Å². The minimum Gasteiger partial charge on any atom is -0.493 e. The molecule has 1 aliphatic carbocycles. The largest absolute Gasteiger partial charge is 0.493 e. The molecular weight excluding hydrogens is 240 g/mol. The summed E-state index contributed by atoms with van der Waals surface area (Å²) in [5.74, 6) is 1.57. The smallest absolute Gasteiger partial charge is 0.161 e. The third-order valence-electron chi connectivity index (χ3n) is 3.32. The highest BCUT2D eigenvalue weighted by atomic mass is 16.5. The van der Waals surface area contributed by atoms with Crippen LogP contribution >= 0.6 is 0 Å². The summed E-state index contributed by atoms with van der Waals surface area (Å²) in [4.78, 5) is 0. The molecule has 0 saturated heterocycles. The summed E-state index contributed by atoms with van der Waals surface area (Å²) in [5.41, 5.74) is 1.22. The lowest BCUT2D eigenvalue weighted by atomic mass is 10.2. The van der Waals surface area contributed by atoms with Crippen LogP contribution < -0.4 is 20.1 Å². The van der Waals surface area contributed by atoms with Crippen molar-refractivity contribution in [2.45, 2.75) is 31.8 Å². The lowest BCUT2D eigenvalue weighted by Crippen LogP contribution is -2.23. The number of benzene rings is 1. The second kappa shape index (κ2) is 7.36. The van der Waals surface area contributed by atoms with E-state index in [0.29, 0.717) is 0 Å². The third kappa shape index (κ3) is 4.73. The molecule has 0 amide bonds. The first-order chi connectivity index (χ1) is 9.33. The van der Waals surface area contributed by atoms with Crippen LogP contribution in [0, 0.1) is 0 Å². The number of methoxy groups -OCH3 is 2. The van der Waals surface area contributed by atoms with Gasteiger partial charge in [0.25, 0.3) is 0 Å². The van der Waals surface area contributed by atoms with Crippen LogP contribution in [0.15, 0.2) is 18.2 Å². The van der Waals surface area contributed by atoms with Crippen molar-refractivity contribution in [2.24, 2.45) is 0 Å². The molecule has 0 aromatic heterocycles. The number of nitrogens with one attached hydrogen (secondary N) is 2. The molecule has 1 aromatic rings. The first kappa shape index (κ1) is 14.2. The summed E-state index contributed by atoms with van der Waals surface area (Å²) in [5, 5.41) is 6.96. The molecule has 1 saturated carbocycles. The lowest BCUT2D eigenvalue weighted by molar-refractivity contribution is 0.354. The first-order valence-corrected chi connectivity index (χ1v) is 6.98. The molecule has 0 unspecified atom stereocenters. The average molecular weight is 264 g/mol. The van der Waals surface area contributed by atoms with E-state index in [-0.39, 0.29) is 0 Å². The summed E-state index contributed by atoms with van der Waals surface area (Å²) < 4.78 is 10.5. The van der Waals surface area contributed by atoms with Crippen LogP contribution in [0.5, 0.6) is 11.5 Å². The molecule has 106 valence electrons. The Morgan fingerprint density at radius 1 is 1.11 bits per heavy atom. The Morgan fingerprint density at radius 3 is 2.58 bits per heavy atom. The summed E-state index contributed by atoms with van der Waals surface area (Å²) in [6, 6.07) is 6.85. The normalized spacial score (nSPS) is 14.4. The molecule has 1 fully saturated rings. The topological polar surface area (TPSA) is 42.5 Å². The van der Waals surface area contributed by atoms with Gasteiger partial charge in [0, 0.05) is 12.6 Å². The predicted molar refractivity (Wildman–Crippen MR) is 76.9 cm³/mol. The van der Waals surface area contributed by atoms with Crippen LogP contribution in [0.25, 0.3) is 0 Å². The maximum Gasteiger partial charge on any atom is 0.161 e. The second-order valence-corrected chi connectivity index (χ2v) is 4.95. The van der Waals surface area contributed by atoms with Gasteiger partial charge in [-0.05, 0) is 50.0 Å². The van der Waals surface area contributed by atoms with Crippen molar-refractivity contribution in [3.8, 4) is 11.5 Å². The minimum atomic E-state index is 0.778. The molecule has 19 heavy (non-hydrogen) atoms. The Hall–Kier alpha value is -1.26. The number of hydrogen-bond donors (Lipinski definition) is 2. The second-order valence-electron chi connectivity index (χ2n) is 4.95. The van der Waals surface area contributed by atoms with Crippen LogP contribution in [0.4, 0.5) is 0 Å². The van der Waals surface area contributed by atoms with E-state index in [2.05, 4.69) is 16.7 Å². The zero-order valence-electron chi connectivity index (χ0n) is 11.9. The molecule has 0 aliphatic heterocycles. The van der Waals surface area contributed by atoms with Gasteiger partial charge < -0.3 is 20.1 Å². The van der Waals surface area contributed by atoms with E-state index < -0.39 is 0 Å². The Bertz CT molecular complexity index is 392. The number of rotatable bonds is 9. The van der Waals surface area contributed by atoms with E-state index >= 15 is 0 Å². The molecule has 4 heteroatoms. The molecule has 0 spiro atoms. The Balaban J connectivity index is 1.66. The van der Waals surface area contributed by atoms with Gasteiger partial charge in [0.1, 0.15) is 0 Å². The zero-order valence-corrected chi connectivity index (χ0v) is 11.9. The monoisotopic (exact) mass is 264 g/mol. The lowest BCUT2D eigenvalue weighted by Gasteiger charge is -2.10. The highest BCUT2D eigenvalue weighted by Crippen LogP contribution is 2.27. The Morgan fingerprint density at radius 2 is 1.89 bits per heavy atom. The standard InChI is InChI=1S/C15H24N2O2/c1-18-14-7-4-12(10-15(14)19-2)11-16-8-3-9-17-13-5-6-13/h4,7,10,13,16-17H,3,5-6,8-9,11H2,1-2H3. The van der Waals surface area contributed by atoms with Crippen molar-refractivity contribution < 1.29 is 9.47 Å². The van der Waals surface area contributed by atoms with E-state index in [0.717, 1.165) is 37.2 Å². The summed E-state index contributed by atoms with van der Waals surface area (Å²) in [7, 11) is 3.32. The number of hydrogen-bond acceptors (Lipinski definition) is 4. The molecule has 4 nitrogen and oxygen atoms in total. The van der Waals surface area contributed by atoms with Crippen LogP contribution in [0.3, 0.4) is 0 Å². The molecule has 0 bridgehead atoms. The van der Waals surface area contributed by atoms with E-state index in [9.17, 15) is 0 Å². The van der Waals surface area contributed by atoms with Gasteiger partial charge in [-0.3, -0.25) is 0 Å². The summed E-state index contributed by atoms with van der Waals surface area (Å²) in [6.07, 6.45) is 3.89. The fourth-order valence-corrected chi connectivity index (χ4v) is 2.03. The molecule has 0 heterocycles. The highest BCUT2D eigenvalue weighted by Gasteiger charge is 2.19. The SMILES string of the molecule is COc1ccc(CNCCCNC2CC2)cc1OC. The Kier molecular flexibility index (Phi) is 5.48. The molecule has 0 radical (unpaired) electrons. The summed E-state index contributed by atoms with van der Waals surface area (Å²) >= 11 is 0. The molecule has 2 rings (SSSR count). The molecule has 2 N–H and O–H groups in total. The van der Waals surface area contributed by atoms with E-state index in [4.69, 9.17) is 9.47 Å². The van der Waals surface area contributed by atoms with Crippen molar-refractivity contribution in [1.29, 1.82) is 0 Å². The minimum absolute atomic E-state index is 0.778. The van der Waals surface area contributed by atoms with Crippen LogP contribution in [-0.2, 0) is 6.54 Å². The van der Waals surface area contributed by atoms with Gasteiger partial charge >= 0.3 is 0 Å². The van der Waals surface area contributed by atoms with Crippen LogP contribution in [-0.4, -0.2) is 33.4 Å².